The predicted molar refractivity (Wildman–Crippen MR) is 83.2 cm³/mol. The Morgan fingerprint density at radius 1 is 1.48 bits per heavy atom. The van der Waals surface area contributed by atoms with Crippen molar-refractivity contribution >= 4 is 23.3 Å². The largest absolute Gasteiger partial charge is 0.495 e. The van der Waals surface area contributed by atoms with Gasteiger partial charge in [-0.25, -0.2) is 4.79 Å². The Morgan fingerprint density at radius 3 is 3.00 bits per heavy atom. The summed E-state index contributed by atoms with van der Waals surface area (Å²) in [7, 11) is 3.25. The third-order valence-electron chi connectivity index (χ3n) is 3.61. The Hall–Kier alpha value is -1.46. The summed E-state index contributed by atoms with van der Waals surface area (Å²) in [6.07, 6.45) is 2.09. The number of nitrogens with one attached hydrogen (secondary N) is 1. The molecule has 116 valence electrons. The first-order chi connectivity index (χ1) is 10.1. The van der Waals surface area contributed by atoms with Gasteiger partial charge in [-0.05, 0) is 31.0 Å². The first kappa shape index (κ1) is 15.9. The molecule has 0 saturated carbocycles. The van der Waals surface area contributed by atoms with Crippen LogP contribution in [-0.4, -0.2) is 44.8 Å². The number of anilines is 1. The molecule has 1 heterocycles. The van der Waals surface area contributed by atoms with E-state index in [1.807, 2.05) is 4.90 Å². The molecule has 1 unspecified atom stereocenters. The minimum Gasteiger partial charge on any atom is -0.495 e. The van der Waals surface area contributed by atoms with Crippen molar-refractivity contribution in [2.45, 2.75) is 12.8 Å². The summed E-state index contributed by atoms with van der Waals surface area (Å²) in [5, 5.41) is 3.43. The summed E-state index contributed by atoms with van der Waals surface area (Å²) in [5.74, 6) is 0.994. The van der Waals surface area contributed by atoms with Gasteiger partial charge >= 0.3 is 6.03 Å². The number of nitrogens with zero attached hydrogens (tertiary/aromatic N) is 1. The molecule has 1 N–H and O–H groups in total. The van der Waals surface area contributed by atoms with E-state index in [0.29, 0.717) is 35.5 Å². The fourth-order valence-corrected chi connectivity index (χ4v) is 2.77. The fraction of sp³-hybridized carbons (Fsp3) is 0.533. The van der Waals surface area contributed by atoms with E-state index in [0.717, 1.165) is 19.4 Å². The molecule has 1 atom stereocenters. The number of likely N-dealkylation sites (tertiary alicyclic amines) is 1. The van der Waals surface area contributed by atoms with Gasteiger partial charge in [0, 0.05) is 31.1 Å². The number of carbonyl (C=O) groups excluding carboxylic acids is 1. The standard InChI is InChI=1S/C15H21ClN2O3/c1-20-10-11-4-3-7-18(9-11)15(19)17-13-8-12(16)5-6-14(13)21-2/h5-6,8,11H,3-4,7,9-10H2,1-2H3,(H,17,19). The number of halogens is 1. The summed E-state index contributed by atoms with van der Waals surface area (Å²) in [6.45, 7) is 2.15. The minimum atomic E-state index is -0.128. The zero-order valence-corrected chi connectivity index (χ0v) is 13.2. The quantitative estimate of drug-likeness (QED) is 0.928. The molecule has 1 aliphatic rings. The van der Waals surface area contributed by atoms with E-state index in [1.54, 1.807) is 32.4 Å². The summed E-state index contributed by atoms with van der Waals surface area (Å²) < 4.78 is 10.4. The number of rotatable bonds is 4. The Balaban J connectivity index is 2.02. The zero-order valence-electron chi connectivity index (χ0n) is 12.4. The predicted octanol–water partition coefficient (Wildman–Crippen LogP) is 3.24. The van der Waals surface area contributed by atoms with E-state index in [1.165, 1.54) is 0 Å². The molecule has 0 aliphatic carbocycles. The van der Waals surface area contributed by atoms with E-state index in [4.69, 9.17) is 21.1 Å². The average Bonchev–Trinajstić information content (AvgIpc) is 2.48. The molecule has 1 aliphatic heterocycles. The average molecular weight is 313 g/mol. The molecule has 0 aromatic heterocycles. The van der Waals surface area contributed by atoms with Gasteiger partial charge in [0.2, 0.25) is 0 Å². The second-order valence-electron chi connectivity index (χ2n) is 5.18. The molecule has 1 aromatic rings. The summed E-state index contributed by atoms with van der Waals surface area (Å²) >= 11 is 5.97. The Kier molecular flexibility index (Phi) is 5.70. The van der Waals surface area contributed by atoms with Gasteiger partial charge in [0.05, 0.1) is 19.4 Å². The van der Waals surface area contributed by atoms with Gasteiger partial charge in [-0.1, -0.05) is 11.6 Å². The van der Waals surface area contributed by atoms with Crippen LogP contribution in [0.5, 0.6) is 5.75 Å². The molecular weight excluding hydrogens is 292 g/mol. The Labute approximate surface area is 130 Å². The van der Waals surface area contributed by atoms with Gasteiger partial charge in [0.15, 0.2) is 0 Å². The van der Waals surface area contributed by atoms with Crippen molar-refractivity contribution in [3.05, 3.63) is 23.2 Å². The first-order valence-corrected chi connectivity index (χ1v) is 7.40. The highest BCUT2D eigenvalue weighted by Gasteiger charge is 2.24. The molecule has 5 nitrogen and oxygen atoms in total. The second kappa shape index (κ2) is 7.52. The normalized spacial score (nSPS) is 18.4. The molecule has 2 rings (SSSR count). The van der Waals surface area contributed by atoms with Gasteiger partial charge in [-0.2, -0.15) is 0 Å². The van der Waals surface area contributed by atoms with Crippen molar-refractivity contribution in [2.24, 2.45) is 5.92 Å². The molecule has 1 aromatic carbocycles. The maximum Gasteiger partial charge on any atom is 0.321 e. The number of urea groups is 1. The van der Waals surface area contributed by atoms with E-state index in [9.17, 15) is 4.79 Å². The van der Waals surface area contributed by atoms with Crippen LogP contribution in [-0.2, 0) is 4.74 Å². The first-order valence-electron chi connectivity index (χ1n) is 7.02. The Morgan fingerprint density at radius 2 is 2.29 bits per heavy atom. The van der Waals surface area contributed by atoms with Crippen LogP contribution >= 0.6 is 11.6 Å². The number of benzene rings is 1. The third-order valence-corrected chi connectivity index (χ3v) is 3.85. The number of hydrogen-bond donors (Lipinski definition) is 1. The molecular formula is C15H21ClN2O3. The molecule has 0 bridgehead atoms. The van der Waals surface area contributed by atoms with Crippen molar-refractivity contribution in [1.29, 1.82) is 0 Å². The number of hydrogen-bond acceptors (Lipinski definition) is 3. The van der Waals surface area contributed by atoms with Gasteiger partial charge in [0.25, 0.3) is 0 Å². The lowest BCUT2D eigenvalue weighted by Gasteiger charge is -2.32. The highest BCUT2D eigenvalue weighted by Crippen LogP contribution is 2.28. The molecule has 1 fully saturated rings. The maximum atomic E-state index is 12.4. The minimum absolute atomic E-state index is 0.128. The lowest BCUT2D eigenvalue weighted by Crippen LogP contribution is -2.43. The molecule has 21 heavy (non-hydrogen) atoms. The van der Waals surface area contributed by atoms with Crippen molar-refractivity contribution in [3.8, 4) is 5.75 Å². The van der Waals surface area contributed by atoms with Crippen molar-refractivity contribution < 1.29 is 14.3 Å². The van der Waals surface area contributed by atoms with Crippen molar-refractivity contribution in [3.63, 3.8) is 0 Å². The zero-order chi connectivity index (χ0) is 15.2. The molecule has 0 radical (unpaired) electrons. The SMILES string of the molecule is COCC1CCCN(C(=O)Nc2cc(Cl)ccc2OC)C1. The summed E-state index contributed by atoms with van der Waals surface area (Å²) in [4.78, 5) is 14.2. The van der Waals surface area contributed by atoms with Crippen LogP contribution < -0.4 is 10.1 Å². The molecule has 2 amide bonds. The number of piperidine rings is 1. The van der Waals surface area contributed by atoms with Crippen LogP contribution in [0.15, 0.2) is 18.2 Å². The van der Waals surface area contributed by atoms with E-state index in [-0.39, 0.29) is 6.03 Å². The van der Waals surface area contributed by atoms with Crippen molar-refractivity contribution in [2.75, 3.05) is 39.2 Å². The summed E-state index contributed by atoms with van der Waals surface area (Å²) in [6, 6.07) is 5.03. The van der Waals surface area contributed by atoms with Crippen LogP contribution in [0.25, 0.3) is 0 Å². The van der Waals surface area contributed by atoms with Crippen molar-refractivity contribution in [1.82, 2.24) is 4.90 Å². The molecule has 6 heteroatoms. The second-order valence-corrected chi connectivity index (χ2v) is 5.62. The van der Waals surface area contributed by atoms with Gasteiger partial charge in [0.1, 0.15) is 5.75 Å². The van der Waals surface area contributed by atoms with E-state index >= 15 is 0 Å². The fourth-order valence-electron chi connectivity index (χ4n) is 2.59. The van der Waals surface area contributed by atoms with Crippen LogP contribution in [0.1, 0.15) is 12.8 Å². The van der Waals surface area contributed by atoms with E-state index < -0.39 is 0 Å². The maximum absolute atomic E-state index is 12.4. The molecule has 1 saturated heterocycles. The third kappa shape index (κ3) is 4.25. The summed E-state index contributed by atoms with van der Waals surface area (Å²) in [5.41, 5.74) is 0.587. The molecule has 0 spiro atoms. The van der Waals surface area contributed by atoms with Gasteiger partial charge < -0.3 is 19.7 Å². The van der Waals surface area contributed by atoms with Gasteiger partial charge in [-0.3, -0.25) is 0 Å². The number of methoxy groups -OCH3 is 2. The number of ether oxygens (including phenoxy) is 2. The number of amides is 2. The lowest BCUT2D eigenvalue weighted by atomic mass is 9.99. The lowest BCUT2D eigenvalue weighted by molar-refractivity contribution is 0.104. The highest BCUT2D eigenvalue weighted by molar-refractivity contribution is 6.31. The van der Waals surface area contributed by atoms with Crippen LogP contribution in [0.4, 0.5) is 10.5 Å². The topological polar surface area (TPSA) is 50.8 Å². The van der Waals surface area contributed by atoms with Gasteiger partial charge in [-0.15, -0.1) is 0 Å². The Bertz CT molecular complexity index is 494. The highest BCUT2D eigenvalue weighted by atomic mass is 35.5. The van der Waals surface area contributed by atoms with Crippen LogP contribution in [0.2, 0.25) is 5.02 Å². The van der Waals surface area contributed by atoms with Crippen LogP contribution in [0, 0.1) is 5.92 Å². The monoisotopic (exact) mass is 312 g/mol. The van der Waals surface area contributed by atoms with Crippen LogP contribution in [0.3, 0.4) is 0 Å². The van der Waals surface area contributed by atoms with E-state index in [2.05, 4.69) is 5.32 Å². The number of carbonyl (C=O) groups is 1. The smallest absolute Gasteiger partial charge is 0.321 e.